The Labute approximate surface area is 99.3 Å². The number of halogens is 2. The summed E-state index contributed by atoms with van der Waals surface area (Å²) in [5.74, 6) is -1.55. The van der Waals surface area contributed by atoms with Crippen molar-refractivity contribution in [2.75, 3.05) is 0 Å². The van der Waals surface area contributed by atoms with Crippen LogP contribution < -0.4 is 0 Å². The van der Waals surface area contributed by atoms with Gasteiger partial charge >= 0.3 is 5.97 Å². The van der Waals surface area contributed by atoms with Crippen LogP contribution >= 0.6 is 23.1 Å². The van der Waals surface area contributed by atoms with Crippen molar-refractivity contribution >= 4 is 29.1 Å². The number of carboxylic acid groups (broad SMARTS) is 1. The van der Waals surface area contributed by atoms with E-state index in [1.165, 1.54) is 18.2 Å². The molecule has 16 heavy (non-hydrogen) atoms. The molecule has 1 N–H and O–H groups in total. The van der Waals surface area contributed by atoms with E-state index < -0.39 is 11.8 Å². The van der Waals surface area contributed by atoms with Gasteiger partial charge in [0.15, 0.2) is 4.88 Å². The van der Waals surface area contributed by atoms with Gasteiger partial charge in [-0.25, -0.2) is 9.18 Å². The van der Waals surface area contributed by atoms with Crippen LogP contribution in [0.2, 0.25) is 5.02 Å². The van der Waals surface area contributed by atoms with E-state index >= 15 is 0 Å². The lowest BCUT2D eigenvalue weighted by molar-refractivity contribution is 0.0702. The second kappa shape index (κ2) is 4.19. The molecule has 1 heterocycles. The van der Waals surface area contributed by atoms with Crippen LogP contribution in [0.5, 0.6) is 0 Å². The maximum atomic E-state index is 13.0. The van der Waals surface area contributed by atoms with Crippen molar-refractivity contribution in [2.24, 2.45) is 0 Å². The first kappa shape index (κ1) is 11.0. The third-order valence-corrected chi connectivity index (χ3v) is 3.24. The zero-order valence-corrected chi connectivity index (χ0v) is 9.35. The highest BCUT2D eigenvalue weighted by Gasteiger charge is 2.18. The van der Waals surface area contributed by atoms with Gasteiger partial charge in [-0.3, -0.25) is 0 Å². The van der Waals surface area contributed by atoms with Crippen LogP contribution in [0.25, 0.3) is 11.3 Å². The molecule has 0 radical (unpaired) electrons. The largest absolute Gasteiger partial charge is 0.477 e. The fourth-order valence-corrected chi connectivity index (χ4v) is 2.25. The van der Waals surface area contributed by atoms with E-state index in [0.717, 1.165) is 11.5 Å². The van der Waals surface area contributed by atoms with Gasteiger partial charge in [-0.2, -0.15) is 4.37 Å². The molecule has 0 spiro atoms. The van der Waals surface area contributed by atoms with Gasteiger partial charge < -0.3 is 5.11 Å². The summed E-state index contributed by atoms with van der Waals surface area (Å²) in [6.45, 7) is 0. The lowest BCUT2D eigenvalue weighted by Crippen LogP contribution is -1.92. The van der Waals surface area contributed by atoms with Gasteiger partial charge in [-0.15, -0.1) is 0 Å². The lowest BCUT2D eigenvalue weighted by atomic mass is 10.1. The van der Waals surface area contributed by atoms with E-state index in [4.69, 9.17) is 16.7 Å². The molecule has 0 bridgehead atoms. The highest BCUT2D eigenvalue weighted by Crippen LogP contribution is 2.32. The van der Waals surface area contributed by atoms with Crippen molar-refractivity contribution in [3.05, 3.63) is 40.0 Å². The smallest absolute Gasteiger partial charge is 0.349 e. The number of aromatic nitrogens is 1. The minimum Gasteiger partial charge on any atom is -0.477 e. The number of benzene rings is 1. The van der Waals surface area contributed by atoms with Crippen LogP contribution in [0.4, 0.5) is 4.39 Å². The van der Waals surface area contributed by atoms with Crippen molar-refractivity contribution in [3.63, 3.8) is 0 Å². The highest BCUT2D eigenvalue weighted by atomic mass is 35.5. The van der Waals surface area contributed by atoms with Gasteiger partial charge in [0.2, 0.25) is 0 Å². The predicted molar refractivity (Wildman–Crippen MR) is 59.5 cm³/mol. The predicted octanol–water partition coefficient (Wildman–Crippen LogP) is 3.30. The zero-order chi connectivity index (χ0) is 11.7. The minimum atomic E-state index is -1.13. The highest BCUT2D eigenvalue weighted by molar-refractivity contribution is 7.09. The molecule has 1 aromatic heterocycles. The molecule has 0 fully saturated rings. The zero-order valence-electron chi connectivity index (χ0n) is 7.78. The SMILES string of the molecule is O=C(O)c1snc(-c2cccc(F)c2)c1Cl. The average Bonchev–Trinajstić information content (AvgIpc) is 2.60. The standard InChI is InChI=1S/C10H5ClFNO2S/c11-7-8(13-16-9(7)10(14)15)5-2-1-3-6(12)4-5/h1-4H,(H,14,15). The Balaban J connectivity index is 2.53. The maximum absolute atomic E-state index is 13.0. The number of nitrogens with zero attached hydrogens (tertiary/aromatic N) is 1. The molecule has 0 atom stereocenters. The molecule has 1 aromatic carbocycles. The van der Waals surface area contributed by atoms with Crippen LogP contribution in [0.3, 0.4) is 0 Å². The normalized spacial score (nSPS) is 10.4. The van der Waals surface area contributed by atoms with Gasteiger partial charge in [0.1, 0.15) is 11.5 Å². The Morgan fingerprint density at radius 2 is 2.25 bits per heavy atom. The molecule has 82 valence electrons. The van der Waals surface area contributed by atoms with Crippen molar-refractivity contribution in [1.82, 2.24) is 4.37 Å². The quantitative estimate of drug-likeness (QED) is 0.898. The van der Waals surface area contributed by atoms with Gasteiger partial charge in [0, 0.05) is 5.56 Å². The first-order chi connectivity index (χ1) is 7.59. The number of carbonyl (C=O) groups is 1. The molecular formula is C10H5ClFNO2S. The second-order valence-electron chi connectivity index (χ2n) is 2.99. The summed E-state index contributed by atoms with van der Waals surface area (Å²) >= 11 is 6.63. The molecule has 0 saturated carbocycles. The fraction of sp³-hybridized carbons (Fsp3) is 0. The van der Waals surface area contributed by atoms with Gasteiger partial charge in [-0.05, 0) is 23.7 Å². The van der Waals surface area contributed by atoms with Crippen molar-refractivity contribution in [3.8, 4) is 11.3 Å². The number of rotatable bonds is 2. The molecule has 0 aliphatic carbocycles. The summed E-state index contributed by atoms with van der Waals surface area (Å²) in [5.41, 5.74) is 0.761. The molecule has 2 aromatic rings. The Kier molecular flexibility index (Phi) is 2.89. The first-order valence-electron chi connectivity index (χ1n) is 4.24. The summed E-state index contributed by atoms with van der Waals surface area (Å²) in [4.78, 5) is 10.7. The average molecular weight is 258 g/mol. The molecule has 0 saturated heterocycles. The van der Waals surface area contributed by atoms with Gasteiger partial charge in [0.25, 0.3) is 0 Å². The summed E-state index contributed by atoms with van der Waals surface area (Å²) in [7, 11) is 0. The van der Waals surface area contributed by atoms with E-state index in [-0.39, 0.29) is 9.90 Å². The Bertz CT molecular complexity index is 556. The van der Waals surface area contributed by atoms with E-state index in [1.807, 2.05) is 0 Å². The topological polar surface area (TPSA) is 50.2 Å². The van der Waals surface area contributed by atoms with Crippen LogP contribution in [0.15, 0.2) is 24.3 Å². The number of hydrogen-bond donors (Lipinski definition) is 1. The van der Waals surface area contributed by atoms with Crippen LogP contribution in [0.1, 0.15) is 9.67 Å². The molecule has 0 aliphatic heterocycles. The summed E-state index contributed by atoms with van der Waals surface area (Å²) in [6.07, 6.45) is 0. The number of hydrogen-bond acceptors (Lipinski definition) is 3. The van der Waals surface area contributed by atoms with Crippen LogP contribution in [-0.4, -0.2) is 15.4 Å². The third-order valence-electron chi connectivity index (χ3n) is 1.93. The Morgan fingerprint density at radius 1 is 1.50 bits per heavy atom. The summed E-state index contributed by atoms with van der Waals surface area (Å²) < 4.78 is 16.9. The van der Waals surface area contributed by atoms with E-state index in [1.54, 1.807) is 6.07 Å². The molecular weight excluding hydrogens is 253 g/mol. The van der Waals surface area contributed by atoms with Crippen molar-refractivity contribution < 1.29 is 14.3 Å². The van der Waals surface area contributed by atoms with E-state index in [0.29, 0.717) is 11.3 Å². The molecule has 0 unspecified atom stereocenters. The molecule has 0 amide bonds. The Morgan fingerprint density at radius 3 is 2.81 bits per heavy atom. The second-order valence-corrected chi connectivity index (χ2v) is 4.14. The molecule has 2 rings (SSSR count). The molecule has 6 heteroatoms. The van der Waals surface area contributed by atoms with Crippen LogP contribution in [-0.2, 0) is 0 Å². The van der Waals surface area contributed by atoms with Gasteiger partial charge in [0.05, 0.1) is 5.02 Å². The number of carboxylic acids is 1. The van der Waals surface area contributed by atoms with Gasteiger partial charge in [-0.1, -0.05) is 23.7 Å². The monoisotopic (exact) mass is 257 g/mol. The van der Waals surface area contributed by atoms with Crippen molar-refractivity contribution in [2.45, 2.75) is 0 Å². The molecule has 0 aliphatic rings. The van der Waals surface area contributed by atoms with E-state index in [2.05, 4.69) is 4.37 Å². The molecule has 3 nitrogen and oxygen atoms in total. The Hall–Kier alpha value is -1.46. The van der Waals surface area contributed by atoms with Crippen LogP contribution in [0, 0.1) is 5.82 Å². The number of aromatic carboxylic acids is 1. The first-order valence-corrected chi connectivity index (χ1v) is 5.39. The summed E-state index contributed by atoms with van der Waals surface area (Å²) in [5, 5.41) is 8.84. The van der Waals surface area contributed by atoms with Crippen molar-refractivity contribution in [1.29, 1.82) is 0 Å². The van der Waals surface area contributed by atoms with E-state index in [9.17, 15) is 9.18 Å². The minimum absolute atomic E-state index is 0.0408. The third kappa shape index (κ3) is 1.91. The summed E-state index contributed by atoms with van der Waals surface area (Å²) in [6, 6.07) is 5.69. The lowest BCUT2D eigenvalue weighted by Gasteiger charge is -1.97. The maximum Gasteiger partial charge on any atom is 0.349 e. The fourth-order valence-electron chi connectivity index (χ4n) is 1.23.